The SMILES string of the molecule is Cc1cnc(NC(C)C)cc1-c1c[nH]c(C(=O)N[C@H](CO)C2C=CC=CC2)c1. The number of aliphatic hydroxyl groups is 1. The van der Waals surface area contributed by atoms with Crippen LogP contribution in [-0.2, 0) is 0 Å². The predicted molar refractivity (Wildman–Crippen MR) is 112 cm³/mol. The van der Waals surface area contributed by atoms with Gasteiger partial charge in [-0.2, -0.15) is 0 Å². The molecule has 0 saturated carbocycles. The van der Waals surface area contributed by atoms with E-state index in [0.717, 1.165) is 28.9 Å². The van der Waals surface area contributed by atoms with Gasteiger partial charge in [-0.15, -0.1) is 0 Å². The van der Waals surface area contributed by atoms with Crippen LogP contribution in [0.2, 0.25) is 0 Å². The van der Waals surface area contributed by atoms with Crippen molar-refractivity contribution in [1.82, 2.24) is 15.3 Å². The number of aromatic amines is 1. The lowest BCUT2D eigenvalue weighted by molar-refractivity contribution is 0.0895. The Hall–Kier alpha value is -2.86. The summed E-state index contributed by atoms with van der Waals surface area (Å²) in [6, 6.07) is 3.80. The Morgan fingerprint density at radius 1 is 1.36 bits per heavy atom. The van der Waals surface area contributed by atoms with Crippen LogP contribution in [0.15, 0.2) is 48.8 Å². The average Bonchev–Trinajstić information content (AvgIpc) is 3.18. The Morgan fingerprint density at radius 2 is 2.18 bits per heavy atom. The van der Waals surface area contributed by atoms with Gasteiger partial charge in [-0.05, 0) is 50.5 Å². The van der Waals surface area contributed by atoms with Gasteiger partial charge in [0.05, 0.1) is 12.6 Å². The number of carbonyl (C=O) groups excluding carboxylic acids is 1. The summed E-state index contributed by atoms with van der Waals surface area (Å²) in [7, 11) is 0. The Labute approximate surface area is 165 Å². The lowest BCUT2D eigenvalue weighted by Crippen LogP contribution is -2.42. The molecule has 0 fully saturated rings. The molecule has 4 N–H and O–H groups in total. The van der Waals surface area contributed by atoms with Crippen LogP contribution >= 0.6 is 0 Å². The van der Waals surface area contributed by atoms with Gasteiger partial charge in [0.1, 0.15) is 11.5 Å². The standard InChI is InChI=1S/C22H28N4O2/c1-14(2)25-21-10-18(15(3)11-24-21)17-9-19(23-12-17)22(28)26-20(13-27)16-7-5-4-6-8-16/h4-7,9-12,14,16,20,23,27H,8,13H2,1-3H3,(H,24,25)(H,26,28)/t16?,20-/m1/s1. The molecule has 6 heteroatoms. The summed E-state index contributed by atoms with van der Waals surface area (Å²) in [6.45, 7) is 6.03. The number of carbonyl (C=O) groups is 1. The number of aryl methyl sites for hydroxylation is 1. The number of rotatable bonds is 7. The largest absolute Gasteiger partial charge is 0.394 e. The van der Waals surface area contributed by atoms with Crippen molar-refractivity contribution in [1.29, 1.82) is 0 Å². The van der Waals surface area contributed by atoms with E-state index in [9.17, 15) is 9.90 Å². The van der Waals surface area contributed by atoms with Gasteiger partial charge in [0.2, 0.25) is 0 Å². The number of hydrogen-bond acceptors (Lipinski definition) is 4. The number of hydrogen-bond donors (Lipinski definition) is 4. The molecule has 0 aliphatic heterocycles. The maximum Gasteiger partial charge on any atom is 0.268 e. The second kappa shape index (κ2) is 8.89. The Kier molecular flexibility index (Phi) is 6.31. The second-order valence-electron chi connectivity index (χ2n) is 7.46. The first-order valence-corrected chi connectivity index (χ1v) is 9.65. The molecule has 2 aromatic heterocycles. The third kappa shape index (κ3) is 4.70. The molecule has 2 atom stereocenters. The highest BCUT2D eigenvalue weighted by Gasteiger charge is 2.22. The number of allylic oxidation sites excluding steroid dienone is 3. The highest BCUT2D eigenvalue weighted by Crippen LogP contribution is 2.26. The van der Waals surface area contributed by atoms with E-state index < -0.39 is 0 Å². The topological polar surface area (TPSA) is 90.0 Å². The first kappa shape index (κ1) is 19.9. The van der Waals surface area contributed by atoms with E-state index in [1.54, 1.807) is 0 Å². The molecule has 1 amide bonds. The zero-order valence-electron chi connectivity index (χ0n) is 16.6. The lowest BCUT2D eigenvalue weighted by Gasteiger charge is -2.24. The van der Waals surface area contributed by atoms with Crippen LogP contribution in [-0.4, -0.2) is 39.7 Å². The minimum absolute atomic E-state index is 0.0977. The van der Waals surface area contributed by atoms with Crippen molar-refractivity contribution in [2.45, 2.75) is 39.3 Å². The number of aliphatic hydroxyl groups excluding tert-OH is 1. The Balaban J connectivity index is 1.75. The second-order valence-corrected chi connectivity index (χ2v) is 7.46. The summed E-state index contributed by atoms with van der Waals surface area (Å²) in [5.41, 5.74) is 3.46. The molecule has 1 aliphatic carbocycles. The molecule has 148 valence electrons. The summed E-state index contributed by atoms with van der Waals surface area (Å²) < 4.78 is 0. The highest BCUT2D eigenvalue weighted by atomic mass is 16.3. The van der Waals surface area contributed by atoms with Crippen molar-refractivity contribution in [3.05, 3.63) is 60.1 Å². The number of amides is 1. The monoisotopic (exact) mass is 380 g/mol. The zero-order chi connectivity index (χ0) is 20.1. The van der Waals surface area contributed by atoms with E-state index in [0.29, 0.717) is 5.69 Å². The van der Waals surface area contributed by atoms with Crippen molar-refractivity contribution in [2.75, 3.05) is 11.9 Å². The van der Waals surface area contributed by atoms with Crippen molar-refractivity contribution < 1.29 is 9.90 Å². The minimum Gasteiger partial charge on any atom is -0.394 e. The Morgan fingerprint density at radius 3 is 2.86 bits per heavy atom. The molecule has 3 rings (SSSR count). The lowest BCUT2D eigenvalue weighted by atomic mass is 9.93. The van der Waals surface area contributed by atoms with Gasteiger partial charge in [0.25, 0.3) is 5.91 Å². The number of nitrogens with zero attached hydrogens (tertiary/aromatic N) is 1. The zero-order valence-corrected chi connectivity index (χ0v) is 16.6. The van der Waals surface area contributed by atoms with Crippen molar-refractivity contribution in [3.63, 3.8) is 0 Å². The maximum atomic E-state index is 12.7. The van der Waals surface area contributed by atoms with Crippen LogP contribution in [0, 0.1) is 12.8 Å². The van der Waals surface area contributed by atoms with Gasteiger partial charge in [-0.1, -0.05) is 24.3 Å². The van der Waals surface area contributed by atoms with Crippen molar-refractivity contribution >= 4 is 11.7 Å². The fourth-order valence-corrected chi connectivity index (χ4v) is 3.32. The van der Waals surface area contributed by atoms with E-state index in [1.165, 1.54) is 0 Å². The molecule has 6 nitrogen and oxygen atoms in total. The Bertz CT molecular complexity index is 882. The summed E-state index contributed by atoms with van der Waals surface area (Å²) in [5.74, 6) is 0.682. The molecule has 1 unspecified atom stereocenters. The number of H-pyrrole nitrogens is 1. The summed E-state index contributed by atoms with van der Waals surface area (Å²) in [6.07, 6.45) is 12.4. The molecule has 0 radical (unpaired) electrons. The van der Waals surface area contributed by atoms with Crippen LogP contribution in [0.25, 0.3) is 11.1 Å². The average molecular weight is 380 g/mol. The number of pyridine rings is 1. The first-order chi connectivity index (χ1) is 13.5. The molecule has 2 aromatic rings. The molecule has 0 saturated heterocycles. The third-order valence-corrected chi connectivity index (χ3v) is 4.82. The molecular weight excluding hydrogens is 352 g/mol. The molecular formula is C22H28N4O2. The van der Waals surface area contributed by atoms with Gasteiger partial charge < -0.3 is 20.7 Å². The van der Waals surface area contributed by atoms with Gasteiger partial charge in [0.15, 0.2) is 0 Å². The molecule has 1 aliphatic rings. The van der Waals surface area contributed by atoms with Gasteiger partial charge >= 0.3 is 0 Å². The normalized spacial score (nSPS) is 17.0. The maximum absolute atomic E-state index is 12.7. The van der Waals surface area contributed by atoms with Gasteiger partial charge in [0, 0.05) is 29.9 Å². The fourth-order valence-electron chi connectivity index (χ4n) is 3.32. The first-order valence-electron chi connectivity index (χ1n) is 9.65. The molecule has 28 heavy (non-hydrogen) atoms. The predicted octanol–water partition coefficient (Wildman–Crippen LogP) is 3.43. The van der Waals surface area contributed by atoms with Crippen LogP contribution in [0.4, 0.5) is 5.82 Å². The third-order valence-electron chi connectivity index (χ3n) is 4.82. The van der Waals surface area contributed by atoms with Gasteiger partial charge in [-0.25, -0.2) is 4.98 Å². The van der Waals surface area contributed by atoms with Crippen LogP contribution in [0.3, 0.4) is 0 Å². The van der Waals surface area contributed by atoms with E-state index in [4.69, 9.17) is 0 Å². The smallest absolute Gasteiger partial charge is 0.268 e. The van der Waals surface area contributed by atoms with E-state index >= 15 is 0 Å². The fraction of sp³-hybridized carbons (Fsp3) is 0.364. The van der Waals surface area contributed by atoms with Crippen LogP contribution in [0.1, 0.15) is 36.3 Å². The van der Waals surface area contributed by atoms with Gasteiger partial charge in [-0.3, -0.25) is 4.79 Å². The summed E-state index contributed by atoms with van der Waals surface area (Å²) in [4.78, 5) is 20.1. The molecule has 0 aromatic carbocycles. The molecule has 0 spiro atoms. The number of anilines is 1. The number of nitrogens with one attached hydrogen (secondary N) is 3. The summed E-state index contributed by atoms with van der Waals surface area (Å²) in [5, 5.41) is 15.9. The molecule has 0 bridgehead atoms. The highest BCUT2D eigenvalue weighted by molar-refractivity contribution is 5.94. The minimum atomic E-state index is -0.315. The van der Waals surface area contributed by atoms with E-state index in [1.807, 2.05) is 55.8 Å². The van der Waals surface area contributed by atoms with E-state index in [-0.39, 0.29) is 30.5 Å². The van der Waals surface area contributed by atoms with Crippen molar-refractivity contribution in [3.8, 4) is 11.1 Å². The quantitative estimate of drug-likeness (QED) is 0.592. The molecule has 2 heterocycles. The summed E-state index contributed by atoms with van der Waals surface area (Å²) >= 11 is 0. The number of aromatic nitrogens is 2. The van der Waals surface area contributed by atoms with Crippen molar-refractivity contribution in [2.24, 2.45) is 5.92 Å². The van der Waals surface area contributed by atoms with Crippen LogP contribution in [0.5, 0.6) is 0 Å². The van der Waals surface area contributed by atoms with Crippen LogP contribution < -0.4 is 10.6 Å². The van der Waals surface area contributed by atoms with E-state index in [2.05, 4.69) is 34.4 Å².